The van der Waals surface area contributed by atoms with Crippen LogP contribution in [0.4, 0.5) is 0 Å². The fraction of sp³-hybridized carbons (Fsp3) is 0.310. The molecule has 200 valence electrons. The first-order valence-electron chi connectivity index (χ1n) is 12.8. The molecule has 0 unspecified atom stereocenters. The summed E-state index contributed by atoms with van der Waals surface area (Å²) in [4.78, 5) is 3.23. The van der Waals surface area contributed by atoms with Gasteiger partial charge in [0, 0.05) is 27.8 Å². The van der Waals surface area contributed by atoms with Crippen LogP contribution in [0.3, 0.4) is 0 Å². The van der Waals surface area contributed by atoms with Gasteiger partial charge in [0.1, 0.15) is 18.1 Å². The van der Waals surface area contributed by atoms with Gasteiger partial charge < -0.3 is 18.8 Å². The van der Waals surface area contributed by atoms with Crippen LogP contribution in [0.5, 0.6) is 28.7 Å². The standard InChI is InChI=1S/C29H31NO6S2/c1-2-38(32,33)36-26-20-25(31)27(19-24(26)29-18-21-8-4-5-9-28(21)37-29)35-23-12-10-22(11-13-23)34-17-16-30-14-6-3-7-15-30/h4-5,8-13,18-20,31H,2-3,6-7,14-17H2,1H3. The van der Waals surface area contributed by atoms with Crippen LogP contribution in [-0.2, 0) is 10.1 Å². The summed E-state index contributed by atoms with van der Waals surface area (Å²) in [5, 5.41) is 11.7. The van der Waals surface area contributed by atoms with Gasteiger partial charge in [0.05, 0.1) is 5.75 Å². The van der Waals surface area contributed by atoms with E-state index in [1.165, 1.54) is 43.6 Å². The highest BCUT2D eigenvalue weighted by molar-refractivity contribution is 7.87. The summed E-state index contributed by atoms with van der Waals surface area (Å²) in [5.41, 5.74) is 0.522. The molecule has 4 aromatic rings. The van der Waals surface area contributed by atoms with Crippen LogP contribution in [0.1, 0.15) is 26.2 Å². The van der Waals surface area contributed by atoms with Crippen molar-refractivity contribution >= 4 is 31.5 Å². The molecular formula is C29H31NO6S2. The molecule has 3 aromatic carbocycles. The zero-order valence-corrected chi connectivity index (χ0v) is 22.9. The fourth-order valence-corrected chi connectivity index (χ4v) is 6.02. The molecule has 0 radical (unpaired) electrons. The Morgan fingerprint density at radius 3 is 2.39 bits per heavy atom. The third-order valence-corrected chi connectivity index (χ3v) is 8.79. The molecule has 2 heterocycles. The van der Waals surface area contributed by atoms with Crippen LogP contribution >= 0.6 is 11.3 Å². The van der Waals surface area contributed by atoms with E-state index in [9.17, 15) is 13.5 Å². The number of hydrogen-bond donors (Lipinski definition) is 1. The lowest BCUT2D eigenvalue weighted by Crippen LogP contribution is -2.33. The number of phenols is 1. The minimum atomic E-state index is -3.81. The Balaban J connectivity index is 1.36. The average molecular weight is 554 g/mol. The number of nitrogens with zero attached hydrogens (tertiary/aromatic N) is 1. The topological polar surface area (TPSA) is 85.3 Å². The van der Waals surface area contributed by atoms with E-state index in [0.29, 0.717) is 17.9 Å². The summed E-state index contributed by atoms with van der Waals surface area (Å²) in [7, 11) is -3.81. The van der Waals surface area contributed by atoms with Crippen LogP contribution in [-0.4, -0.2) is 50.4 Å². The Kier molecular flexibility index (Phi) is 8.06. The third kappa shape index (κ3) is 6.40. The number of hydrogen-bond acceptors (Lipinski definition) is 8. The van der Waals surface area contributed by atoms with Crippen molar-refractivity contribution in [2.45, 2.75) is 26.2 Å². The average Bonchev–Trinajstić information content (AvgIpc) is 3.36. The number of thiophene rings is 1. The summed E-state index contributed by atoms with van der Waals surface area (Å²) < 4.78 is 42.8. The number of fused-ring (bicyclic) bond motifs is 1. The number of likely N-dealkylation sites (tertiary alicyclic amines) is 1. The van der Waals surface area contributed by atoms with Gasteiger partial charge in [-0.05, 0) is 80.7 Å². The molecule has 38 heavy (non-hydrogen) atoms. The molecule has 0 atom stereocenters. The smallest absolute Gasteiger partial charge is 0.308 e. The Labute approximate surface area is 227 Å². The largest absolute Gasteiger partial charge is 0.504 e. The number of benzene rings is 3. The van der Waals surface area contributed by atoms with Gasteiger partial charge in [-0.3, -0.25) is 4.90 Å². The highest BCUT2D eigenvalue weighted by Gasteiger charge is 2.20. The predicted molar refractivity (Wildman–Crippen MR) is 151 cm³/mol. The van der Waals surface area contributed by atoms with E-state index in [1.54, 1.807) is 18.2 Å². The van der Waals surface area contributed by atoms with E-state index >= 15 is 0 Å². The van der Waals surface area contributed by atoms with E-state index in [1.807, 2.05) is 42.5 Å². The molecule has 1 saturated heterocycles. The molecule has 0 saturated carbocycles. The maximum Gasteiger partial charge on any atom is 0.308 e. The fourth-order valence-electron chi connectivity index (χ4n) is 4.41. The molecule has 0 amide bonds. The van der Waals surface area contributed by atoms with Crippen LogP contribution in [0, 0.1) is 0 Å². The molecule has 1 aliphatic rings. The van der Waals surface area contributed by atoms with Crippen molar-refractivity contribution < 1.29 is 27.2 Å². The van der Waals surface area contributed by atoms with Crippen molar-refractivity contribution in [3.05, 3.63) is 66.7 Å². The summed E-state index contributed by atoms with van der Waals surface area (Å²) in [6.07, 6.45) is 3.82. The minimum absolute atomic E-state index is 0.0562. The molecule has 0 spiro atoms. The molecule has 0 aliphatic carbocycles. The lowest BCUT2D eigenvalue weighted by atomic mass is 10.1. The van der Waals surface area contributed by atoms with Crippen molar-refractivity contribution in [2.24, 2.45) is 0 Å². The van der Waals surface area contributed by atoms with Gasteiger partial charge >= 0.3 is 10.1 Å². The van der Waals surface area contributed by atoms with Gasteiger partial charge in [-0.15, -0.1) is 11.3 Å². The minimum Gasteiger partial charge on any atom is -0.504 e. The SMILES string of the molecule is CCS(=O)(=O)Oc1cc(O)c(Oc2ccc(OCCN3CCCCC3)cc2)cc1-c1cc2ccccc2s1. The van der Waals surface area contributed by atoms with Gasteiger partial charge in [-0.1, -0.05) is 24.6 Å². The van der Waals surface area contributed by atoms with Crippen molar-refractivity contribution in [2.75, 3.05) is 32.0 Å². The Morgan fingerprint density at radius 1 is 0.921 bits per heavy atom. The monoisotopic (exact) mass is 553 g/mol. The third-order valence-electron chi connectivity index (χ3n) is 6.50. The van der Waals surface area contributed by atoms with E-state index < -0.39 is 10.1 Å². The van der Waals surface area contributed by atoms with Gasteiger partial charge in [0.2, 0.25) is 0 Å². The first-order valence-corrected chi connectivity index (χ1v) is 15.2. The van der Waals surface area contributed by atoms with Crippen molar-refractivity contribution in [1.29, 1.82) is 0 Å². The molecule has 1 aromatic heterocycles. The predicted octanol–water partition coefficient (Wildman–Crippen LogP) is 6.66. The zero-order valence-electron chi connectivity index (χ0n) is 21.3. The maximum absolute atomic E-state index is 12.3. The Hall–Kier alpha value is -3.27. The normalized spacial score (nSPS) is 14.4. The summed E-state index contributed by atoms with van der Waals surface area (Å²) >= 11 is 1.51. The summed E-state index contributed by atoms with van der Waals surface area (Å²) in [6.45, 7) is 5.32. The molecule has 1 aliphatic heterocycles. The van der Waals surface area contributed by atoms with E-state index in [4.69, 9.17) is 13.7 Å². The molecule has 5 rings (SSSR count). The summed E-state index contributed by atoms with van der Waals surface area (Å²) in [5.74, 6) is 1.10. The second kappa shape index (κ2) is 11.6. The van der Waals surface area contributed by atoms with Crippen LogP contribution < -0.4 is 13.7 Å². The Morgan fingerprint density at radius 2 is 1.66 bits per heavy atom. The molecule has 7 nitrogen and oxygen atoms in total. The van der Waals surface area contributed by atoms with Crippen LogP contribution in [0.15, 0.2) is 66.7 Å². The number of rotatable bonds is 10. The quantitative estimate of drug-likeness (QED) is 0.220. The zero-order chi connectivity index (χ0) is 26.5. The van der Waals surface area contributed by atoms with E-state index in [-0.39, 0.29) is 23.0 Å². The van der Waals surface area contributed by atoms with Gasteiger partial charge in [-0.2, -0.15) is 8.42 Å². The Bertz CT molecular complexity index is 1460. The van der Waals surface area contributed by atoms with Crippen molar-refractivity contribution in [3.63, 3.8) is 0 Å². The highest BCUT2D eigenvalue weighted by atomic mass is 32.2. The number of phenolic OH excluding ortho intramolecular Hbond substituents is 1. The number of aromatic hydroxyl groups is 1. The number of piperidine rings is 1. The van der Waals surface area contributed by atoms with Crippen molar-refractivity contribution in [3.8, 4) is 39.2 Å². The second-order valence-corrected chi connectivity index (χ2v) is 12.2. The number of ether oxygens (including phenoxy) is 2. The van der Waals surface area contributed by atoms with Gasteiger partial charge in [0.25, 0.3) is 0 Å². The molecule has 9 heteroatoms. The first kappa shape index (κ1) is 26.3. The van der Waals surface area contributed by atoms with E-state index in [2.05, 4.69) is 4.90 Å². The molecule has 1 N–H and O–H groups in total. The van der Waals surface area contributed by atoms with Gasteiger partial charge in [0.15, 0.2) is 17.2 Å². The van der Waals surface area contributed by atoms with Crippen LogP contribution in [0.2, 0.25) is 0 Å². The van der Waals surface area contributed by atoms with Crippen molar-refractivity contribution in [1.82, 2.24) is 4.90 Å². The van der Waals surface area contributed by atoms with E-state index in [0.717, 1.165) is 40.3 Å². The summed E-state index contributed by atoms with van der Waals surface area (Å²) in [6, 6.07) is 20.0. The second-order valence-electron chi connectivity index (χ2n) is 9.22. The lowest BCUT2D eigenvalue weighted by Gasteiger charge is -2.26. The molecular weight excluding hydrogens is 522 g/mol. The maximum atomic E-state index is 12.3. The molecule has 1 fully saturated rings. The first-order chi connectivity index (χ1) is 18.4. The molecule has 0 bridgehead atoms. The van der Waals surface area contributed by atoms with Gasteiger partial charge in [-0.25, -0.2) is 0 Å². The van der Waals surface area contributed by atoms with Crippen LogP contribution in [0.25, 0.3) is 20.5 Å². The highest BCUT2D eigenvalue weighted by Crippen LogP contribution is 2.45. The lowest BCUT2D eigenvalue weighted by molar-refractivity contribution is 0.183.